The smallest absolute Gasteiger partial charge is 0.249 e. The van der Waals surface area contributed by atoms with E-state index in [2.05, 4.69) is 16.3 Å². The van der Waals surface area contributed by atoms with Crippen molar-refractivity contribution in [2.45, 2.75) is 6.42 Å². The van der Waals surface area contributed by atoms with Crippen LogP contribution in [0.25, 0.3) is 16.6 Å². The van der Waals surface area contributed by atoms with E-state index < -0.39 is 5.41 Å². The summed E-state index contributed by atoms with van der Waals surface area (Å²) in [6.45, 7) is 0.574. The highest BCUT2D eigenvalue weighted by Gasteiger charge is 2.48. The Morgan fingerprint density at radius 2 is 2.19 bits per heavy atom. The third-order valence-electron chi connectivity index (χ3n) is 4.84. The Labute approximate surface area is 150 Å². The van der Waals surface area contributed by atoms with Crippen molar-refractivity contribution in [1.29, 1.82) is 5.26 Å². The number of nitrogens with zero attached hydrogens (tertiary/aromatic N) is 6. The Hall–Kier alpha value is -3.18. The van der Waals surface area contributed by atoms with E-state index >= 15 is 0 Å². The lowest BCUT2D eigenvalue weighted by Gasteiger charge is -2.21. The fraction of sp³-hybridized carbons (Fsp3) is 0.333. The Balaban J connectivity index is 1.77. The third kappa shape index (κ3) is 2.36. The molecule has 0 radical (unpaired) electrons. The molecule has 1 amide bonds. The standard InChI is InChI=1S/C18H18N6O2/c1-22-9-14(8-21-22)13-7-16-15(3-5-20-24(16)10-13)23-6-4-18(11-19,12-26-2)17(23)25/h3,5,7-10H,4,6,12H2,1-2H3/t18-/m1/s1. The maximum absolute atomic E-state index is 13.0. The summed E-state index contributed by atoms with van der Waals surface area (Å²) < 4.78 is 8.61. The van der Waals surface area contributed by atoms with Crippen molar-refractivity contribution >= 4 is 17.1 Å². The quantitative estimate of drug-likeness (QED) is 0.713. The zero-order chi connectivity index (χ0) is 18.3. The molecule has 4 rings (SSSR count). The average molecular weight is 350 g/mol. The summed E-state index contributed by atoms with van der Waals surface area (Å²) in [4.78, 5) is 14.6. The van der Waals surface area contributed by atoms with E-state index in [0.717, 1.165) is 22.3 Å². The molecule has 0 aromatic carbocycles. The zero-order valence-electron chi connectivity index (χ0n) is 14.6. The molecule has 0 N–H and O–H groups in total. The molecule has 0 bridgehead atoms. The number of nitriles is 1. The molecule has 0 aliphatic carbocycles. The van der Waals surface area contributed by atoms with Crippen LogP contribution in [-0.4, -0.2) is 45.6 Å². The predicted molar refractivity (Wildman–Crippen MR) is 94.3 cm³/mol. The fourth-order valence-electron chi connectivity index (χ4n) is 3.47. The van der Waals surface area contributed by atoms with Gasteiger partial charge in [0.2, 0.25) is 5.91 Å². The van der Waals surface area contributed by atoms with Crippen LogP contribution in [0.5, 0.6) is 0 Å². The third-order valence-corrected chi connectivity index (χ3v) is 4.84. The van der Waals surface area contributed by atoms with Crippen LogP contribution in [0.3, 0.4) is 0 Å². The molecular weight excluding hydrogens is 332 g/mol. The molecule has 1 atom stereocenters. The van der Waals surface area contributed by atoms with Crippen molar-refractivity contribution in [1.82, 2.24) is 19.4 Å². The summed E-state index contributed by atoms with van der Waals surface area (Å²) in [5, 5.41) is 18.1. The van der Waals surface area contributed by atoms with Crippen LogP contribution < -0.4 is 4.90 Å². The maximum Gasteiger partial charge on any atom is 0.249 e. The summed E-state index contributed by atoms with van der Waals surface area (Å²) in [6.07, 6.45) is 7.72. The summed E-state index contributed by atoms with van der Waals surface area (Å²) in [5.74, 6) is -0.223. The number of hydrogen-bond donors (Lipinski definition) is 0. The van der Waals surface area contributed by atoms with Gasteiger partial charge in [0.1, 0.15) is 0 Å². The number of rotatable bonds is 4. The Morgan fingerprint density at radius 3 is 2.88 bits per heavy atom. The van der Waals surface area contributed by atoms with E-state index in [9.17, 15) is 10.1 Å². The molecule has 8 nitrogen and oxygen atoms in total. The van der Waals surface area contributed by atoms with Crippen molar-refractivity contribution in [2.24, 2.45) is 12.5 Å². The number of ether oxygens (including phenoxy) is 1. The van der Waals surface area contributed by atoms with Crippen molar-refractivity contribution < 1.29 is 9.53 Å². The average Bonchev–Trinajstić information content (AvgIpc) is 3.33. The monoisotopic (exact) mass is 350 g/mol. The second-order valence-corrected chi connectivity index (χ2v) is 6.51. The van der Waals surface area contributed by atoms with Gasteiger partial charge in [0.25, 0.3) is 0 Å². The molecule has 4 heterocycles. The van der Waals surface area contributed by atoms with Gasteiger partial charge in [0, 0.05) is 50.4 Å². The van der Waals surface area contributed by atoms with Gasteiger partial charge in [-0.1, -0.05) is 0 Å². The van der Waals surface area contributed by atoms with Gasteiger partial charge in [-0.3, -0.25) is 9.48 Å². The van der Waals surface area contributed by atoms with Gasteiger partial charge in [0.15, 0.2) is 5.41 Å². The molecule has 0 unspecified atom stereocenters. The van der Waals surface area contributed by atoms with Crippen LogP contribution in [0.4, 0.5) is 5.69 Å². The molecule has 1 aliphatic rings. The lowest BCUT2D eigenvalue weighted by atomic mass is 9.89. The van der Waals surface area contributed by atoms with Gasteiger partial charge in [-0.25, -0.2) is 4.52 Å². The number of aryl methyl sites for hydroxylation is 1. The SMILES string of the molecule is COC[C@]1(C#N)CCN(c2ccnn3cc(-c4cnn(C)c4)cc23)C1=O. The van der Waals surface area contributed by atoms with Gasteiger partial charge in [-0.05, 0) is 18.6 Å². The first-order valence-corrected chi connectivity index (χ1v) is 8.26. The Bertz CT molecular complexity index is 1030. The summed E-state index contributed by atoms with van der Waals surface area (Å²) in [7, 11) is 3.37. The normalized spacial score (nSPS) is 20.0. The lowest BCUT2D eigenvalue weighted by molar-refractivity contribution is -0.125. The predicted octanol–water partition coefficient (Wildman–Crippen LogP) is 1.63. The lowest BCUT2D eigenvalue weighted by Crippen LogP contribution is -2.37. The number of hydrogen-bond acceptors (Lipinski definition) is 5. The van der Waals surface area contributed by atoms with Crippen LogP contribution in [-0.2, 0) is 16.6 Å². The molecular formula is C18H18N6O2. The second-order valence-electron chi connectivity index (χ2n) is 6.51. The Kier molecular flexibility index (Phi) is 3.74. The second kappa shape index (κ2) is 5.97. The molecule has 3 aromatic rings. The highest BCUT2D eigenvalue weighted by molar-refractivity contribution is 6.04. The minimum atomic E-state index is -1.12. The molecule has 3 aromatic heterocycles. The number of carbonyl (C=O) groups is 1. The largest absolute Gasteiger partial charge is 0.382 e. The van der Waals surface area contributed by atoms with E-state index in [1.165, 1.54) is 7.11 Å². The molecule has 0 spiro atoms. The first-order valence-electron chi connectivity index (χ1n) is 8.26. The van der Waals surface area contributed by atoms with Gasteiger partial charge in [-0.2, -0.15) is 15.5 Å². The molecule has 132 valence electrons. The zero-order valence-corrected chi connectivity index (χ0v) is 14.6. The number of fused-ring (bicyclic) bond motifs is 1. The molecule has 26 heavy (non-hydrogen) atoms. The van der Waals surface area contributed by atoms with Crippen molar-refractivity contribution in [3.8, 4) is 17.2 Å². The number of anilines is 1. The summed E-state index contributed by atoms with van der Waals surface area (Å²) >= 11 is 0. The van der Waals surface area contributed by atoms with Crippen LogP contribution in [0, 0.1) is 16.7 Å². The van der Waals surface area contributed by atoms with E-state index in [1.54, 1.807) is 32.6 Å². The topological polar surface area (TPSA) is 88.4 Å². The molecule has 1 fully saturated rings. The molecule has 0 saturated carbocycles. The van der Waals surface area contributed by atoms with Crippen molar-refractivity contribution in [2.75, 3.05) is 25.2 Å². The highest BCUT2D eigenvalue weighted by atomic mass is 16.5. The number of carbonyl (C=O) groups excluding carboxylic acids is 1. The number of amides is 1. The van der Waals surface area contributed by atoms with Crippen LogP contribution in [0.15, 0.2) is 36.9 Å². The first-order chi connectivity index (χ1) is 12.6. The minimum Gasteiger partial charge on any atom is -0.382 e. The first kappa shape index (κ1) is 16.3. The van der Waals surface area contributed by atoms with Crippen LogP contribution in [0.1, 0.15) is 6.42 Å². The van der Waals surface area contributed by atoms with Gasteiger partial charge in [-0.15, -0.1) is 0 Å². The van der Waals surface area contributed by atoms with E-state index in [-0.39, 0.29) is 12.5 Å². The van der Waals surface area contributed by atoms with Crippen molar-refractivity contribution in [3.63, 3.8) is 0 Å². The summed E-state index contributed by atoms with van der Waals surface area (Å²) in [5.41, 5.74) is 2.38. The van der Waals surface area contributed by atoms with Crippen molar-refractivity contribution in [3.05, 3.63) is 36.9 Å². The molecule has 8 heteroatoms. The minimum absolute atomic E-state index is 0.0994. The maximum atomic E-state index is 13.0. The van der Waals surface area contributed by atoms with E-state index in [0.29, 0.717) is 13.0 Å². The Morgan fingerprint density at radius 1 is 1.35 bits per heavy atom. The van der Waals surface area contributed by atoms with E-state index in [1.807, 2.05) is 25.5 Å². The summed E-state index contributed by atoms with van der Waals surface area (Å²) in [6, 6.07) is 5.95. The van der Waals surface area contributed by atoms with Crippen LogP contribution >= 0.6 is 0 Å². The molecule has 1 saturated heterocycles. The fourth-order valence-corrected chi connectivity index (χ4v) is 3.47. The van der Waals surface area contributed by atoms with Gasteiger partial charge >= 0.3 is 0 Å². The van der Waals surface area contributed by atoms with E-state index in [4.69, 9.17) is 4.74 Å². The highest BCUT2D eigenvalue weighted by Crippen LogP contribution is 2.37. The van der Waals surface area contributed by atoms with Crippen LogP contribution in [0.2, 0.25) is 0 Å². The number of methoxy groups -OCH3 is 1. The molecule has 1 aliphatic heterocycles. The number of aromatic nitrogens is 4. The van der Waals surface area contributed by atoms with Gasteiger partial charge in [0.05, 0.1) is 30.1 Å². The van der Waals surface area contributed by atoms with Gasteiger partial charge < -0.3 is 9.64 Å².